The van der Waals surface area contributed by atoms with Gasteiger partial charge in [0.05, 0.1) is 11.5 Å². The van der Waals surface area contributed by atoms with Crippen LogP contribution in [0.5, 0.6) is 0 Å². The maximum atomic E-state index is 13.0. The van der Waals surface area contributed by atoms with Gasteiger partial charge in [0.15, 0.2) is 0 Å². The van der Waals surface area contributed by atoms with Gasteiger partial charge in [-0.2, -0.15) is 0 Å². The molecule has 3 rings (SSSR count). The molecule has 1 atom stereocenters. The maximum absolute atomic E-state index is 13.0. The van der Waals surface area contributed by atoms with E-state index < -0.39 is 39.5 Å². The quantitative estimate of drug-likeness (QED) is 0.261. The lowest BCUT2D eigenvalue weighted by atomic mass is 9.99. The first-order valence-corrected chi connectivity index (χ1v) is 14.2. The Kier molecular flexibility index (Phi) is 9.69. The Morgan fingerprint density at radius 3 is 2.23 bits per heavy atom. The van der Waals surface area contributed by atoms with Gasteiger partial charge in [0.25, 0.3) is 10.0 Å². The van der Waals surface area contributed by atoms with Crippen molar-refractivity contribution in [2.24, 2.45) is 5.92 Å². The van der Waals surface area contributed by atoms with E-state index in [-0.39, 0.29) is 17.9 Å². The summed E-state index contributed by atoms with van der Waals surface area (Å²) in [5.74, 6) is -2.99. The highest BCUT2D eigenvalue weighted by molar-refractivity contribution is 7.90. The Hall–Kier alpha value is -3.92. The lowest BCUT2D eigenvalue weighted by Gasteiger charge is -2.19. The zero-order valence-corrected chi connectivity index (χ0v) is 23.3. The van der Waals surface area contributed by atoms with Gasteiger partial charge < -0.3 is 9.47 Å². The van der Waals surface area contributed by atoms with Crippen molar-refractivity contribution >= 4 is 44.5 Å². The molecule has 3 aromatic rings. The normalized spacial score (nSPS) is 12.4. The predicted octanol–water partition coefficient (Wildman–Crippen LogP) is 5.19. The molecule has 0 aliphatic rings. The van der Waals surface area contributed by atoms with Gasteiger partial charge in [-0.25, -0.2) is 17.9 Å². The Bertz CT molecular complexity index is 1430. The first-order chi connectivity index (χ1) is 18.4. The van der Waals surface area contributed by atoms with Crippen LogP contribution >= 0.6 is 0 Å². The van der Waals surface area contributed by atoms with E-state index in [0.29, 0.717) is 23.9 Å². The van der Waals surface area contributed by atoms with Crippen molar-refractivity contribution in [1.29, 1.82) is 0 Å². The molecule has 0 aliphatic heterocycles. The summed E-state index contributed by atoms with van der Waals surface area (Å²) in [5.41, 5.74) is 0.868. The molecule has 2 amide bonds. The van der Waals surface area contributed by atoms with Crippen LogP contribution in [0.4, 0.5) is 10.5 Å². The standard InChI is InChI=1S/C29H34N2O7S/c1-5-37-27(33)25(12-8-9-20-13-16-23(17-14-20)30-28(34)38-29(2,3)4)26(32)31-39(35,36)24-18-15-21-10-6-7-11-22(21)19-24/h6-7,10-11,13-19,25H,5,8-9,12H2,1-4H3,(H,30,34)(H,31,32). The van der Waals surface area contributed by atoms with Gasteiger partial charge in [-0.3, -0.25) is 14.9 Å². The van der Waals surface area contributed by atoms with E-state index >= 15 is 0 Å². The molecule has 0 spiro atoms. The van der Waals surface area contributed by atoms with Crippen LogP contribution in [0.2, 0.25) is 0 Å². The molecule has 10 heteroatoms. The average molecular weight is 555 g/mol. The monoisotopic (exact) mass is 554 g/mol. The molecule has 39 heavy (non-hydrogen) atoms. The molecule has 0 radical (unpaired) electrons. The van der Waals surface area contributed by atoms with Crippen LogP contribution in [-0.4, -0.2) is 38.6 Å². The van der Waals surface area contributed by atoms with E-state index in [1.54, 1.807) is 58.0 Å². The lowest BCUT2D eigenvalue weighted by molar-refractivity contribution is -0.152. The van der Waals surface area contributed by atoms with Crippen molar-refractivity contribution in [1.82, 2.24) is 4.72 Å². The summed E-state index contributed by atoms with van der Waals surface area (Å²) in [7, 11) is -4.20. The van der Waals surface area contributed by atoms with Crippen LogP contribution in [-0.2, 0) is 35.5 Å². The third kappa shape index (κ3) is 8.81. The third-order valence-electron chi connectivity index (χ3n) is 5.71. The molecular weight excluding hydrogens is 520 g/mol. The Morgan fingerprint density at radius 2 is 1.59 bits per heavy atom. The highest BCUT2D eigenvalue weighted by Gasteiger charge is 2.31. The number of ether oxygens (including phenoxy) is 2. The van der Waals surface area contributed by atoms with Gasteiger partial charge in [0.1, 0.15) is 11.5 Å². The molecule has 1 unspecified atom stereocenters. The number of carbonyl (C=O) groups is 3. The fourth-order valence-corrected chi connectivity index (χ4v) is 4.94. The summed E-state index contributed by atoms with van der Waals surface area (Å²) in [6, 6.07) is 18.9. The fraction of sp³-hybridized carbons (Fsp3) is 0.345. The topological polar surface area (TPSA) is 128 Å². The minimum atomic E-state index is -4.20. The van der Waals surface area contributed by atoms with E-state index in [0.717, 1.165) is 10.9 Å². The van der Waals surface area contributed by atoms with Crippen LogP contribution in [0.3, 0.4) is 0 Å². The minimum absolute atomic E-state index is 0.0617. The van der Waals surface area contributed by atoms with Gasteiger partial charge in [0.2, 0.25) is 5.91 Å². The van der Waals surface area contributed by atoms with Crippen molar-refractivity contribution in [3.63, 3.8) is 0 Å². The van der Waals surface area contributed by atoms with E-state index in [1.807, 2.05) is 29.0 Å². The molecule has 0 saturated carbocycles. The number of esters is 1. The van der Waals surface area contributed by atoms with Crippen LogP contribution in [0.25, 0.3) is 10.8 Å². The largest absolute Gasteiger partial charge is 0.465 e. The van der Waals surface area contributed by atoms with Gasteiger partial charge in [-0.05, 0) is 87.6 Å². The number of aryl methyl sites for hydroxylation is 1. The fourth-order valence-electron chi connectivity index (χ4n) is 3.88. The maximum Gasteiger partial charge on any atom is 0.412 e. The summed E-state index contributed by atoms with van der Waals surface area (Å²) in [5, 5.41) is 4.23. The molecule has 3 aromatic carbocycles. The number of amides is 2. The van der Waals surface area contributed by atoms with Crippen molar-refractivity contribution in [2.75, 3.05) is 11.9 Å². The summed E-state index contributed by atoms with van der Waals surface area (Å²) >= 11 is 0. The zero-order chi connectivity index (χ0) is 28.6. The highest BCUT2D eigenvalue weighted by Crippen LogP contribution is 2.21. The molecule has 0 aliphatic carbocycles. The number of carbonyl (C=O) groups excluding carboxylic acids is 3. The Morgan fingerprint density at radius 1 is 0.923 bits per heavy atom. The molecule has 0 bridgehead atoms. The number of nitrogens with one attached hydrogen (secondary N) is 2. The molecule has 0 heterocycles. The Balaban J connectivity index is 1.62. The third-order valence-corrected chi connectivity index (χ3v) is 7.06. The second-order valence-electron chi connectivity index (χ2n) is 10.00. The minimum Gasteiger partial charge on any atom is -0.465 e. The molecule has 9 nitrogen and oxygen atoms in total. The molecular formula is C29H34N2O7S. The Labute approximate surface area is 228 Å². The summed E-state index contributed by atoms with van der Waals surface area (Å²) < 4.78 is 38.2. The van der Waals surface area contributed by atoms with Crippen molar-refractivity contribution in [3.05, 3.63) is 72.3 Å². The van der Waals surface area contributed by atoms with Gasteiger partial charge in [0, 0.05) is 5.69 Å². The number of hydrogen-bond acceptors (Lipinski definition) is 7. The zero-order valence-electron chi connectivity index (χ0n) is 22.5. The predicted molar refractivity (Wildman–Crippen MR) is 149 cm³/mol. The van der Waals surface area contributed by atoms with E-state index in [9.17, 15) is 22.8 Å². The van der Waals surface area contributed by atoms with E-state index in [4.69, 9.17) is 9.47 Å². The molecule has 2 N–H and O–H groups in total. The van der Waals surface area contributed by atoms with Crippen LogP contribution in [0, 0.1) is 5.92 Å². The van der Waals surface area contributed by atoms with Crippen molar-refractivity contribution < 1.29 is 32.3 Å². The molecule has 0 saturated heterocycles. The van der Waals surface area contributed by atoms with Gasteiger partial charge in [-0.1, -0.05) is 42.5 Å². The van der Waals surface area contributed by atoms with Crippen LogP contribution in [0.1, 0.15) is 46.1 Å². The van der Waals surface area contributed by atoms with E-state index in [1.165, 1.54) is 12.1 Å². The first kappa shape index (κ1) is 29.6. The summed E-state index contributed by atoms with van der Waals surface area (Å²) in [6.45, 7) is 7.01. The molecule has 0 fully saturated rings. The number of fused-ring (bicyclic) bond motifs is 1. The van der Waals surface area contributed by atoms with E-state index in [2.05, 4.69) is 5.32 Å². The van der Waals surface area contributed by atoms with Crippen LogP contribution < -0.4 is 10.0 Å². The van der Waals surface area contributed by atoms with Gasteiger partial charge >= 0.3 is 12.1 Å². The van der Waals surface area contributed by atoms with Crippen molar-refractivity contribution in [2.45, 2.75) is 57.5 Å². The second kappa shape index (κ2) is 12.8. The number of anilines is 1. The van der Waals surface area contributed by atoms with Crippen molar-refractivity contribution in [3.8, 4) is 0 Å². The SMILES string of the molecule is CCOC(=O)C(CCCc1ccc(NC(=O)OC(C)(C)C)cc1)C(=O)NS(=O)(=O)c1ccc2ccccc2c1. The highest BCUT2D eigenvalue weighted by atomic mass is 32.2. The first-order valence-electron chi connectivity index (χ1n) is 12.7. The van der Waals surface area contributed by atoms with Crippen LogP contribution in [0.15, 0.2) is 71.6 Å². The smallest absolute Gasteiger partial charge is 0.412 e. The summed E-state index contributed by atoms with van der Waals surface area (Å²) in [4.78, 5) is 37.4. The number of rotatable bonds is 10. The number of sulfonamides is 1. The van der Waals surface area contributed by atoms with Gasteiger partial charge in [-0.15, -0.1) is 0 Å². The number of benzene rings is 3. The number of hydrogen-bond donors (Lipinski definition) is 2. The average Bonchev–Trinajstić information content (AvgIpc) is 2.86. The molecule has 208 valence electrons. The summed E-state index contributed by atoms with van der Waals surface area (Å²) in [6.07, 6.45) is 0.478. The second-order valence-corrected chi connectivity index (χ2v) is 11.7. The lowest BCUT2D eigenvalue weighted by Crippen LogP contribution is -2.39. The molecule has 0 aromatic heterocycles.